The minimum absolute atomic E-state index is 0.300. The van der Waals surface area contributed by atoms with Crippen LogP contribution in [0.3, 0.4) is 0 Å². The molecule has 1 aliphatic heterocycles. The molecule has 1 saturated heterocycles. The summed E-state index contributed by atoms with van der Waals surface area (Å²) in [6.07, 6.45) is 3.54. The topological polar surface area (TPSA) is 79.0 Å². The van der Waals surface area contributed by atoms with Crippen molar-refractivity contribution >= 4 is 21.6 Å². The molecule has 0 aromatic heterocycles. The molecule has 0 aliphatic carbocycles. The fourth-order valence-electron chi connectivity index (χ4n) is 4.15. The summed E-state index contributed by atoms with van der Waals surface area (Å²) < 4.78 is 31.8. The highest BCUT2D eigenvalue weighted by Crippen LogP contribution is 2.25. The number of likely N-dealkylation sites (tertiary alicyclic amines) is 1. The summed E-state index contributed by atoms with van der Waals surface area (Å²) in [5.41, 5.74) is 2.63. The molecule has 0 bridgehead atoms. The van der Waals surface area contributed by atoms with Gasteiger partial charge in [-0.1, -0.05) is 42.5 Å². The molecule has 3 aromatic rings. The minimum atomic E-state index is -3.67. The molecule has 0 spiro atoms. The summed E-state index contributed by atoms with van der Waals surface area (Å²) in [5, 5.41) is 2.89. The number of para-hydroxylation sites is 1. The number of hydrogen-bond acceptors (Lipinski definition) is 5. The molecule has 8 heteroatoms. The smallest absolute Gasteiger partial charge is 0.241 e. The first-order valence-corrected chi connectivity index (χ1v) is 13.6. The quantitative estimate of drug-likeness (QED) is 0.459. The lowest BCUT2D eigenvalue weighted by molar-refractivity contribution is -0.119. The Bertz CT molecular complexity index is 1220. The zero-order valence-electron chi connectivity index (χ0n) is 19.9. The molecule has 0 unspecified atom stereocenters. The van der Waals surface area contributed by atoms with Crippen molar-refractivity contribution in [1.29, 1.82) is 0 Å². The Morgan fingerprint density at radius 1 is 0.886 bits per heavy atom. The number of nitrogens with one attached hydrogen (secondary N) is 1. The molecule has 35 heavy (non-hydrogen) atoms. The lowest BCUT2D eigenvalue weighted by atomic mass is 10.1. The second kappa shape index (κ2) is 11.4. The van der Waals surface area contributed by atoms with E-state index in [4.69, 9.17) is 4.74 Å². The van der Waals surface area contributed by atoms with Crippen molar-refractivity contribution in [1.82, 2.24) is 10.2 Å². The van der Waals surface area contributed by atoms with Gasteiger partial charge in [0.05, 0.1) is 11.9 Å². The molecule has 1 fully saturated rings. The average Bonchev–Trinajstić information content (AvgIpc) is 3.36. The molecule has 0 saturated carbocycles. The Morgan fingerprint density at radius 2 is 1.49 bits per heavy atom. The molecule has 184 valence electrons. The summed E-state index contributed by atoms with van der Waals surface area (Å²) >= 11 is 0. The molecule has 0 radical (unpaired) electrons. The van der Waals surface area contributed by atoms with E-state index in [1.165, 1.54) is 18.4 Å². The van der Waals surface area contributed by atoms with Crippen LogP contribution in [0.25, 0.3) is 0 Å². The van der Waals surface area contributed by atoms with Crippen LogP contribution in [-0.4, -0.2) is 45.1 Å². The number of benzene rings is 3. The SMILES string of the molecule is CS(=O)(=O)N(CC(=O)NCc1ccccc1CN1CCCC1)c1ccc(Oc2ccccc2)cc1. The number of carbonyl (C=O) groups excluding carboxylic acids is 1. The molecule has 4 rings (SSSR count). The summed E-state index contributed by atoms with van der Waals surface area (Å²) in [7, 11) is -3.67. The van der Waals surface area contributed by atoms with Crippen LogP contribution in [0.2, 0.25) is 0 Å². The van der Waals surface area contributed by atoms with E-state index in [-0.39, 0.29) is 12.5 Å². The maximum absolute atomic E-state index is 12.8. The van der Waals surface area contributed by atoms with Gasteiger partial charge in [0.1, 0.15) is 18.0 Å². The molecule has 1 N–H and O–H groups in total. The summed E-state index contributed by atoms with van der Waals surface area (Å²) in [6.45, 7) is 3.10. The van der Waals surface area contributed by atoms with Gasteiger partial charge in [-0.3, -0.25) is 14.0 Å². The van der Waals surface area contributed by atoms with Crippen molar-refractivity contribution in [3.63, 3.8) is 0 Å². The Morgan fingerprint density at radius 3 is 2.14 bits per heavy atom. The van der Waals surface area contributed by atoms with Crippen molar-refractivity contribution in [3.8, 4) is 11.5 Å². The third-order valence-electron chi connectivity index (χ3n) is 5.98. The van der Waals surface area contributed by atoms with Crippen molar-refractivity contribution in [3.05, 3.63) is 90.0 Å². The highest BCUT2D eigenvalue weighted by molar-refractivity contribution is 7.92. The number of sulfonamides is 1. The Labute approximate surface area is 207 Å². The summed E-state index contributed by atoms with van der Waals surface area (Å²) in [5.74, 6) is 0.896. The van der Waals surface area contributed by atoms with Gasteiger partial charge in [0.25, 0.3) is 0 Å². The molecular weight excluding hydrogens is 462 g/mol. The van der Waals surface area contributed by atoms with Gasteiger partial charge < -0.3 is 10.1 Å². The van der Waals surface area contributed by atoms with Crippen LogP contribution in [-0.2, 0) is 27.9 Å². The molecule has 1 heterocycles. The first kappa shape index (κ1) is 24.8. The van der Waals surface area contributed by atoms with Gasteiger partial charge in [0.2, 0.25) is 15.9 Å². The lowest BCUT2D eigenvalue weighted by Crippen LogP contribution is -2.40. The number of amides is 1. The number of carbonyl (C=O) groups is 1. The van der Waals surface area contributed by atoms with Gasteiger partial charge in [0.15, 0.2) is 0 Å². The van der Waals surface area contributed by atoms with E-state index in [2.05, 4.69) is 16.3 Å². The molecule has 7 nitrogen and oxygen atoms in total. The van der Waals surface area contributed by atoms with Gasteiger partial charge in [-0.2, -0.15) is 0 Å². The zero-order valence-corrected chi connectivity index (χ0v) is 20.7. The first-order valence-electron chi connectivity index (χ1n) is 11.7. The Balaban J connectivity index is 1.39. The van der Waals surface area contributed by atoms with E-state index < -0.39 is 10.0 Å². The first-order chi connectivity index (χ1) is 16.9. The van der Waals surface area contributed by atoms with Crippen LogP contribution in [0.4, 0.5) is 5.69 Å². The van der Waals surface area contributed by atoms with Crippen molar-refractivity contribution in [2.45, 2.75) is 25.9 Å². The summed E-state index contributed by atoms with van der Waals surface area (Å²) in [6, 6.07) is 24.0. The molecule has 3 aromatic carbocycles. The van der Waals surface area contributed by atoms with E-state index in [1.54, 1.807) is 24.3 Å². The number of rotatable bonds is 10. The number of ether oxygens (including phenoxy) is 1. The molecule has 1 aliphatic rings. The van der Waals surface area contributed by atoms with Crippen molar-refractivity contribution < 1.29 is 17.9 Å². The van der Waals surface area contributed by atoms with Crippen LogP contribution >= 0.6 is 0 Å². The number of anilines is 1. The van der Waals surface area contributed by atoms with Gasteiger partial charge in [-0.15, -0.1) is 0 Å². The molecular formula is C27H31N3O4S. The Hall–Kier alpha value is -3.36. The maximum atomic E-state index is 12.8. The second-order valence-electron chi connectivity index (χ2n) is 8.71. The number of hydrogen-bond donors (Lipinski definition) is 1. The lowest BCUT2D eigenvalue weighted by Gasteiger charge is -2.22. The average molecular weight is 494 g/mol. The second-order valence-corrected chi connectivity index (χ2v) is 10.6. The number of nitrogens with zero attached hydrogens (tertiary/aromatic N) is 2. The van der Waals surface area contributed by atoms with E-state index in [9.17, 15) is 13.2 Å². The van der Waals surface area contributed by atoms with E-state index in [0.29, 0.717) is 23.7 Å². The fraction of sp³-hybridized carbons (Fsp3) is 0.296. The van der Waals surface area contributed by atoms with Crippen molar-refractivity contribution in [2.24, 2.45) is 0 Å². The third-order valence-corrected chi connectivity index (χ3v) is 7.12. The van der Waals surface area contributed by atoms with Crippen LogP contribution in [0.5, 0.6) is 11.5 Å². The highest BCUT2D eigenvalue weighted by Gasteiger charge is 2.21. The Kier molecular flexibility index (Phi) is 8.05. The van der Waals surface area contributed by atoms with Gasteiger partial charge in [-0.25, -0.2) is 8.42 Å². The van der Waals surface area contributed by atoms with Crippen LogP contribution in [0.15, 0.2) is 78.9 Å². The minimum Gasteiger partial charge on any atom is -0.457 e. The largest absolute Gasteiger partial charge is 0.457 e. The van der Waals surface area contributed by atoms with Crippen molar-refractivity contribution in [2.75, 3.05) is 30.2 Å². The normalized spacial score (nSPS) is 14.0. The fourth-order valence-corrected chi connectivity index (χ4v) is 5.01. The molecule has 0 atom stereocenters. The van der Waals surface area contributed by atoms with Gasteiger partial charge in [0, 0.05) is 13.1 Å². The predicted octanol–water partition coefficient (Wildman–Crippen LogP) is 4.16. The van der Waals surface area contributed by atoms with E-state index in [1.807, 2.05) is 48.5 Å². The van der Waals surface area contributed by atoms with Crippen LogP contribution in [0.1, 0.15) is 24.0 Å². The summed E-state index contributed by atoms with van der Waals surface area (Å²) in [4.78, 5) is 15.2. The zero-order chi connectivity index (χ0) is 24.7. The standard InChI is InChI=1S/C27H31N3O4S/c1-35(32,33)30(24-13-15-26(16-14-24)34-25-11-3-2-4-12-25)21-27(31)28-19-22-9-5-6-10-23(22)20-29-17-7-8-18-29/h2-6,9-16H,7-8,17-21H2,1H3,(H,28,31). The van der Waals surface area contributed by atoms with E-state index in [0.717, 1.165) is 35.8 Å². The van der Waals surface area contributed by atoms with Gasteiger partial charge in [-0.05, 0) is 73.5 Å². The predicted molar refractivity (Wildman–Crippen MR) is 138 cm³/mol. The van der Waals surface area contributed by atoms with Crippen LogP contribution in [0, 0.1) is 0 Å². The van der Waals surface area contributed by atoms with E-state index >= 15 is 0 Å². The monoisotopic (exact) mass is 493 g/mol. The van der Waals surface area contributed by atoms with Gasteiger partial charge >= 0.3 is 0 Å². The maximum Gasteiger partial charge on any atom is 0.241 e. The molecule has 1 amide bonds. The van der Waals surface area contributed by atoms with Crippen LogP contribution < -0.4 is 14.4 Å². The third kappa shape index (κ3) is 7.07. The highest BCUT2D eigenvalue weighted by atomic mass is 32.2.